The van der Waals surface area contributed by atoms with Gasteiger partial charge in [0.25, 0.3) is 0 Å². The van der Waals surface area contributed by atoms with Crippen LogP contribution in [0.15, 0.2) is 57.2 Å². The van der Waals surface area contributed by atoms with Gasteiger partial charge in [-0.2, -0.15) is 13.2 Å². The van der Waals surface area contributed by atoms with Gasteiger partial charge in [0.05, 0.1) is 22.7 Å². The maximum atomic E-state index is 12.7. The first-order valence-electron chi connectivity index (χ1n) is 7.56. The Balaban J connectivity index is 2.01. The number of halogens is 5. The maximum Gasteiger partial charge on any atom is 0.416 e. The number of allylic oxidation sites excluding steroid dienone is 1. The Kier molecular flexibility index (Phi) is 5.48. The van der Waals surface area contributed by atoms with Crippen molar-refractivity contribution in [2.75, 3.05) is 7.11 Å². The van der Waals surface area contributed by atoms with E-state index in [4.69, 9.17) is 9.47 Å². The average Bonchev–Trinajstić information content (AvgIpc) is 2.88. The maximum absolute atomic E-state index is 12.7. The summed E-state index contributed by atoms with van der Waals surface area (Å²) >= 11 is 6.71. The lowest BCUT2D eigenvalue weighted by atomic mass is 10.0. The molecule has 0 aromatic heterocycles. The minimum absolute atomic E-state index is 0.205. The molecule has 3 rings (SSSR count). The summed E-state index contributed by atoms with van der Waals surface area (Å²) in [4.78, 5) is 12.4. The van der Waals surface area contributed by atoms with Gasteiger partial charge in [0.15, 0.2) is 0 Å². The molecule has 0 atom stereocenters. The van der Waals surface area contributed by atoms with Crippen LogP contribution in [0.4, 0.5) is 13.2 Å². The fourth-order valence-corrected chi connectivity index (χ4v) is 3.46. The van der Waals surface area contributed by atoms with Crippen molar-refractivity contribution in [2.45, 2.75) is 6.18 Å². The van der Waals surface area contributed by atoms with Crippen LogP contribution in [0.2, 0.25) is 0 Å². The summed E-state index contributed by atoms with van der Waals surface area (Å²) in [7, 11) is 1.49. The molecule has 0 aliphatic carbocycles. The van der Waals surface area contributed by atoms with Gasteiger partial charge in [-0.25, -0.2) is 4.79 Å². The number of carbonyl (C=O) groups is 1. The van der Waals surface area contributed by atoms with Crippen molar-refractivity contribution >= 4 is 49.5 Å². The second-order valence-electron chi connectivity index (χ2n) is 5.55. The lowest BCUT2D eigenvalue weighted by molar-refractivity contribution is -0.137. The van der Waals surface area contributed by atoms with Gasteiger partial charge >= 0.3 is 12.1 Å². The predicted molar refractivity (Wildman–Crippen MR) is 102 cm³/mol. The van der Waals surface area contributed by atoms with E-state index in [0.717, 1.165) is 16.6 Å². The Morgan fingerprint density at radius 1 is 1.07 bits per heavy atom. The second-order valence-corrected chi connectivity index (χ2v) is 7.26. The highest BCUT2D eigenvalue weighted by Crippen LogP contribution is 2.41. The highest BCUT2D eigenvalue weighted by Gasteiger charge is 2.32. The van der Waals surface area contributed by atoms with Crippen LogP contribution >= 0.6 is 31.9 Å². The normalized spacial score (nSPS) is 16.1. The third kappa shape index (κ3) is 4.11. The number of ether oxygens (including phenoxy) is 2. The molecule has 0 fully saturated rings. The van der Waals surface area contributed by atoms with Crippen LogP contribution in [0.3, 0.4) is 0 Å². The third-order valence-corrected chi connectivity index (χ3v) is 5.09. The zero-order valence-corrected chi connectivity index (χ0v) is 16.9. The first kappa shape index (κ1) is 19.7. The molecule has 2 aromatic rings. The molecule has 0 spiro atoms. The number of alkyl halides is 3. The van der Waals surface area contributed by atoms with E-state index in [2.05, 4.69) is 31.9 Å². The van der Waals surface area contributed by atoms with Crippen molar-refractivity contribution < 1.29 is 27.4 Å². The Morgan fingerprint density at radius 3 is 2.33 bits per heavy atom. The number of hydrogen-bond acceptors (Lipinski definition) is 3. The minimum Gasteiger partial charge on any atom is -0.496 e. The van der Waals surface area contributed by atoms with Crippen LogP contribution < -0.4 is 4.74 Å². The topological polar surface area (TPSA) is 35.5 Å². The lowest BCUT2D eigenvalue weighted by Crippen LogP contribution is -2.04. The summed E-state index contributed by atoms with van der Waals surface area (Å²) < 4.78 is 49.7. The van der Waals surface area contributed by atoms with Crippen molar-refractivity contribution in [1.29, 1.82) is 0 Å². The van der Waals surface area contributed by atoms with Gasteiger partial charge in [0.1, 0.15) is 11.5 Å². The molecule has 0 amide bonds. The Bertz CT molecular complexity index is 961. The molecule has 0 saturated carbocycles. The number of methoxy groups -OCH3 is 1. The number of cyclic esters (lactones) is 1. The summed E-state index contributed by atoms with van der Waals surface area (Å²) in [5.41, 5.74) is 0.512. The minimum atomic E-state index is -4.41. The Hall–Kier alpha value is -2.06. The molecule has 8 heteroatoms. The van der Waals surface area contributed by atoms with Gasteiger partial charge < -0.3 is 9.47 Å². The van der Waals surface area contributed by atoms with Crippen molar-refractivity contribution in [3.05, 3.63) is 73.9 Å². The Labute approximate surface area is 169 Å². The van der Waals surface area contributed by atoms with Crippen LogP contribution in [0, 0.1) is 0 Å². The van der Waals surface area contributed by atoms with Crippen molar-refractivity contribution in [3.63, 3.8) is 0 Å². The molecule has 0 radical (unpaired) electrons. The van der Waals surface area contributed by atoms with Gasteiger partial charge in [0.2, 0.25) is 0 Å². The number of hydrogen-bond donors (Lipinski definition) is 0. The van der Waals surface area contributed by atoms with Crippen LogP contribution in [0.25, 0.3) is 11.6 Å². The predicted octanol–water partition coefficient (Wildman–Crippen LogP) is 6.18. The van der Waals surface area contributed by atoms with Crippen LogP contribution in [0.1, 0.15) is 16.7 Å². The molecule has 0 bridgehead atoms. The molecule has 0 unspecified atom stereocenters. The number of rotatable bonds is 3. The summed E-state index contributed by atoms with van der Waals surface area (Å²) in [5.74, 6) is 0.103. The molecule has 2 aromatic carbocycles. The Morgan fingerprint density at radius 2 is 1.74 bits per heavy atom. The van der Waals surface area contributed by atoms with Crippen LogP contribution in [0.5, 0.6) is 5.75 Å². The first-order chi connectivity index (χ1) is 12.7. The molecule has 0 N–H and O–H groups in total. The fourth-order valence-electron chi connectivity index (χ4n) is 2.52. The average molecular weight is 504 g/mol. The summed E-state index contributed by atoms with van der Waals surface area (Å²) in [6.45, 7) is 0. The molecule has 1 heterocycles. The first-order valence-corrected chi connectivity index (χ1v) is 9.14. The van der Waals surface area contributed by atoms with Gasteiger partial charge in [-0.1, -0.05) is 28.1 Å². The SMILES string of the molecule is COc1ccc(Br)cc1C1=C(Br)/C(=C/c2ccc(C(F)(F)F)cc2)OC1=O. The number of esters is 1. The summed E-state index contributed by atoms with van der Waals surface area (Å²) in [5, 5.41) is 0. The monoisotopic (exact) mass is 502 g/mol. The van der Waals surface area contributed by atoms with Crippen molar-refractivity contribution in [2.24, 2.45) is 0 Å². The van der Waals surface area contributed by atoms with Crippen molar-refractivity contribution in [3.8, 4) is 5.75 Å². The molecule has 27 heavy (non-hydrogen) atoms. The zero-order chi connectivity index (χ0) is 19.8. The van der Waals surface area contributed by atoms with Gasteiger partial charge in [-0.05, 0) is 57.9 Å². The van der Waals surface area contributed by atoms with E-state index in [-0.39, 0.29) is 11.3 Å². The standard InChI is InChI=1S/C19H11Br2F3O3/c1-26-14-7-6-12(20)9-13(14)16-17(21)15(27-18(16)25)8-10-2-4-11(5-3-10)19(22,23)24/h2-9H,1H3/b15-8-. The highest BCUT2D eigenvalue weighted by atomic mass is 79.9. The van der Waals surface area contributed by atoms with E-state index < -0.39 is 17.7 Å². The van der Waals surface area contributed by atoms with Crippen LogP contribution in [-0.2, 0) is 15.7 Å². The molecule has 3 nitrogen and oxygen atoms in total. The second kappa shape index (κ2) is 7.52. The van der Waals surface area contributed by atoms with E-state index in [0.29, 0.717) is 21.4 Å². The van der Waals surface area contributed by atoms with Gasteiger partial charge in [-0.15, -0.1) is 0 Å². The van der Waals surface area contributed by atoms with Crippen molar-refractivity contribution in [1.82, 2.24) is 0 Å². The van der Waals surface area contributed by atoms with E-state index in [1.165, 1.54) is 25.3 Å². The molecule has 140 valence electrons. The highest BCUT2D eigenvalue weighted by molar-refractivity contribution is 9.12. The largest absolute Gasteiger partial charge is 0.496 e. The summed E-state index contributed by atoms with van der Waals surface area (Å²) in [6, 6.07) is 9.76. The van der Waals surface area contributed by atoms with E-state index >= 15 is 0 Å². The molecule has 1 aliphatic heterocycles. The van der Waals surface area contributed by atoms with Gasteiger partial charge in [0, 0.05) is 10.0 Å². The van der Waals surface area contributed by atoms with E-state index in [1.54, 1.807) is 18.2 Å². The molecule has 1 aliphatic rings. The van der Waals surface area contributed by atoms with Gasteiger partial charge in [-0.3, -0.25) is 0 Å². The fraction of sp³-hybridized carbons (Fsp3) is 0.105. The lowest BCUT2D eigenvalue weighted by Gasteiger charge is -2.08. The summed E-state index contributed by atoms with van der Waals surface area (Å²) in [6.07, 6.45) is -2.92. The zero-order valence-electron chi connectivity index (χ0n) is 13.7. The van der Waals surface area contributed by atoms with E-state index in [1.807, 2.05) is 0 Å². The molecule has 0 saturated heterocycles. The number of carbonyl (C=O) groups excluding carboxylic acids is 1. The van der Waals surface area contributed by atoms with E-state index in [9.17, 15) is 18.0 Å². The third-order valence-electron chi connectivity index (χ3n) is 3.81. The molecular weight excluding hydrogens is 493 g/mol. The molecular formula is C19H11Br2F3O3. The van der Waals surface area contributed by atoms with Crippen LogP contribution in [-0.4, -0.2) is 13.1 Å². The quantitative estimate of drug-likeness (QED) is 0.469. The number of benzene rings is 2. The smallest absolute Gasteiger partial charge is 0.416 e.